The first-order chi connectivity index (χ1) is 7.68. The molecule has 0 radical (unpaired) electrons. The second-order valence-electron chi connectivity index (χ2n) is 4.38. The van der Waals surface area contributed by atoms with Gasteiger partial charge in [-0.1, -0.05) is 6.92 Å². The molecule has 1 aliphatic rings. The maximum absolute atomic E-state index is 7.53. The number of hydrogen-bond donors (Lipinski definition) is 2. The average molecular weight is 219 g/mol. The van der Waals surface area contributed by atoms with Crippen LogP contribution in [0.15, 0.2) is 12.3 Å². The number of hydrogen-bond acceptors (Lipinski definition) is 4. The van der Waals surface area contributed by atoms with Crippen molar-refractivity contribution in [2.75, 3.05) is 18.0 Å². The van der Waals surface area contributed by atoms with Gasteiger partial charge in [0.15, 0.2) is 5.82 Å². The van der Waals surface area contributed by atoms with Gasteiger partial charge in [0, 0.05) is 13.1 Å². The summed E-state index contributed by atoms with van der Waals surface area (Å²) in [5, 5.41) is 15.5. The number of nitrogens with two attached hydrogens (primary N) is 1. The summed E-state index contributed by atoms with van der Waals surface area (Å²) in [7, 11) is 0. The molecule has 1 aromatic rings. The maximum Gasteiger partial charge on any atom is 0.162 e. The van der Waals surface area contributed by atoms with Gasteiger partial charge < -0.3 is 10.6 Å². The fourth-order valence-electron chi connectivity index (χ4n) is 2.15. The Hall–Kier alpha value is -1.65. The lowest BCUT2D eigenvalue weighted by Crippen LogP contribution is -2.36. The lowest BCUT2D eigenvalue weighted by atomic mass is 10.00. The minimum Gasteiger partial charge on any atom is -0.384 e. The zero-order valence-electron chi connectivity index (χ0n) is 9.48. The summed E-state index contributed by atoms with van der Waals surface area (Å²) in [6.07, 6.45) is 3.99. The van der Waals surface area contributed by atoms with E-state index in [-0.39, 0.29) is 5.84 Å². The Morgan fingerprint density at radius 3 is 3.12 bits per heavy atom. The van der Waals surface area contributed by atoms with Gasteiger partial charge in [-0.2, -0.15) is 5.10 Å². The molecule has 2 rings (SSSR count). The summed E-state index contributed by atoms with van der Waals surface area (Å²) in [6, 6.07) is 1.75. The lowest BCUT2D eigenvalue weighted by molar-refractivity contribution is 0.443. The topological polar surface area (TPSA) is 78.9 Å². The van der Waals surface area contributed by atoms with Gasteiger partial charge in [-0.15, -0.1) is 5.10 Å². The number of anilines is 1. The van der Waals surface area contributed by atoms with E-state index in [1.807, 2.05) is 0 Å². The second kappa shape index (κ2) is 4.47. The number of nitrogens with one attached hydrogen (secondary N) is 1. The predicted octanol–water partition coefficient (Wildman–Crippen LogP) is 0.997. The average Bonchev–Trinajstić information content (AvgIpc) is 2.29. The Balaban J connectivity index is 2.28. The molecule has 1 aliphatic heterocycles. The highest BCUT2D eigenvalue weighted by Gasteiger charge is 2.20. The molecule has 5 heteroatoms. The van der Waals surface area contributed by atoms with E-state index in [0.29, 0.717) is 11.5 Å². The zero-order chi connectivity index (χ0) is 11.5. The molecule has 1 aromatic heterocycles. The monoisotopic (exact) mass is 219 g/mol. The third-order valence-electron chi connectivity index (χ3n) is 2.95. The van der Waals surface area contributed by atoms with Crippen LogP contribution in [0.4, 0.5) is 5.82 Å². The molecule has 0 aromatic carbocycles. The van der Waals surface area contributed by atoms with Crippen LogP contribution in [0, 0.1) is 11.3 Å². The minimum atomic E-state index is 0.0585. The Labute approximate surface area is 95.2 Å². The van der Waals surface area contributed by atoms with Crippen LogP contribution in [-0.4, -0.2) is 29.1 Å². The number of nitrogen functional groups attached to an aromatic ring is 1. The fraction of sp³-hybridized carbons (Fsp3) is 0.545. The van der Waals surface area contributed by atoms with Gasteiger partial charge in [-0.05, 0) is 24.8 Å². The molecule has 3 N–H and O–H groups in total. The molecule has 0 bridgehead atoms. The third-order valence-corrected chi connectivity index (χ3v) is 2.95. The molecule has 1 unspecified atom stereocenters. The van der Waals surface area contributed by atoms with Crippen LogP contribution in [0.25, 0.3) is 0 Å². The molecule has 1 saturated heterocycles. The van der Waals surface area contributed by atoms with Gasteiger partial charge in [-0.3, -0.25) is 5.41 Å². The van der Waals surface area contributed by atoms with Crippen molar-refractivity contribution in [2.24, 2.45) is 11.7 Å². The van der Waals surface area contributed by atoms with Crippen LogP contribution in [-0.2, 0) is 0 Å². The highest BCUT2D eigenvalue weighted by atomic mass is 15.3. The van der Waals surface area contributed by atoms with Gasteiger partial charge in [-0.25, -0.2) is 0 Å². The molecular weight excluding hydrogens is 202 g/mol. The van der Waals surface area contributed by atoms with Crippen LogP contribution >= 0.6 is 0 Å². The number of rotatable bonds is 2. The largest absolute Gasteiger partial charge is 0.384 e. The van der Waals surface area contributed by atoms with Crippen molar-refractivity contribution in [3.8, 4) is 0 Å². The Morgan fingerprint density at radius 2 is 2.44 bits per heavy atom. The second-order valence-corrected chi connectivity index (χ2v) is 4.38. The van der Waals surface area contributed by atoms with Crippen LogP contribution in [0.2, 0.25) is 0 Å². The van der Waals surface area contributed by atoms with Gasteiger partial charge in [0.2, 0.25) is 0 Å². The molecule has 0 saturated carbocycles. The van der Waals surface area contributed by atoms with E-state index in [1.165, 1.54) is 6.42 Å². The molecule has 16 heavy (non-hydrogen) atoms. The summed E-state index contributed by atoms with van der Waals surface area (Å²) in [6.45, 7) is 4.18. The highest BCUT2D eigenvalue weighted by Crippen LogP contribution is 2.23. The summed E-state index contributed by atoms with van der Waals surface area (Å²) in [5.41, 5.74) is 6.23. The van der Waals surface area contributed by atoms with Crippen LogP contribution < -0.4 is 10.6 Å². The summed E-state index contributed by atoms with van der Waals surface area (Å²) >= 11 is 0. The van der Waals surface area contributed by atoms with Crippen LogP contribution in [0.3, 0.4) is 0 Å². The van der Waals surface area contributed by atoms with Crippen molar-refractivity contribution in [2.45, 2.75) is 19.8 Å². The first-order valence-electron chi connectivity index (χ1n) is 5.59. The molecule has 86 valence electrons. The minimum absolute atomic E-state index is 0.0585. The first kappa shape index (κ1) is 10.9. The molecule has 5 nitrogen and oxygen atoms in total. The number of piperidine rings is 1. The molecular formula is C11H17N5. The summed E-state index contributed by atoms with van der Waals surface area (Å²) in [4.78, 5) is 2.18. The van der Waals surface area contributed by atoms with Gasteiger partial charge in [0.1, 0.15) is 5.84 Å². The van der Waals surface area contributed by atoms with E-state index < -0.39 is 0 Å². The smallest absolute Gasteiger partial charge is 0.162 e. The van der Waals surface area contributed by atoms with Crippen molar-refractivity contribution >= 4 is 11.7 Å². The number of nitrogens with zero attached hydrogens (tertiary/aromatic N) is 3. The zero-order valence-corrected chi connectivity index (χ0v) is 9.48. The van der Waals surface area contributed by atoms with E-state index in [4.69, 9.17) is 11.1 Å². The molecule has 1 atom stereocenters. The molecule has 0 aliphatic carbocycles. The molecule has 0 amide bonds. The van der Waals surface area contributed by atoms with Crippen LogP contribution in [0.1, 0.15) is 25.3 Å². The van der Waals surface area contributed by atoms with Gasteiger partial charge >= 0.3 is 0 Å². The summed E-state index contributed by atoms with van der Waals surface area (Å²) in [5.74, 6) is 1.47. The van der Waals surface area contributed by atoms with Crippen molar-refractivity contribution in [1.29, 1.82) is 5.41 Å². The maximum atomic E-state index is 7.53. The number of amidine groups is 1. The van der Waals surface area contributed by atoms with Crippen molar-refractivity contribution < 1.29 is 0 Å². The molecule has 0 spiro atoms. The van der Waals surface area contributed by atoms with Gasteiger partial charge in [0.05, 0.1) is 11.8 Å². The predicted molar refractivity (Wildman–Crippen MR) is 63.7 cm³/mol. The van der Waals surface area contributed by atoms with Crippen LogP contribution in [0.5, 0.6) is 0 Å². The van der Waals surface area contributed by atoms with E-state index >= 15 is 0 Å². The Bertz CT molecular complexity index is 390. The van der Waals surface area contributed by atoms with Crippen molar-refractivity contribution in [3.63, 3.8) is 0 Å². The normalized spacial score (nSPS) is 20.8. The van der Waals surface area contributed by atoms with E-state index in [9.17, 15) is 0 Å². The van der Waals surface area contributed by atoms with E-state index in [1.54, 1.807) is 12.3 Å². The summed E-state index contributed by atoms with van der Waals surface area (Å²) < 4.78 is 0. The molecule has 1 fully saturated rings. The lowest BCUT2D eigenvalue weighted by Gasteiger charge is -2.32. The Morgan fingerprint density at radius 1 is 1.62 bits per heavy atom. The van der Waals surface area contributed by atoms with Crippen molar-refractivity contribution in [1.82, 2.24) is 10.2 Å². The highest BCUT2D eigenvalue weighted by molar-refractivity contribution is 5.99. The number of aromatic nitrogens is 2. The fourth-order valence-corrected chi connectivity index (χ4v) is 2.15. The third kappa shape index (κ3) is 2.13. The Kier molecular flexibility index (Phi) is 3.03. The van der Waals surface area contributed by atoms with Gasteiger partial charge in [0.25, 0.3) is 0 Å². The van der Waals surface area contributed by atoms with E-state index in [2.05, 4.69) is 22.0 Å². The first-order valence-corrected chi connectivity index (χ1v) is 5.59. The standard InChI is InChI=1S/C11H17N5/c1-8-3-2-6-16(7-8)11-9(10(12)13)4-5-14-15-11/h4-5,8H,2-3,6-7H2,1H3,(H3,12,13). The van der Waals surface area contributed by atoms with E-state index in [0.717, 1.165) is 25.3 Å². The van der Waals surface area contributed by atoms with Crippen molar-refractivity contribution in [3.05, 3.63) is 17.8 Å². The SMILES string of the molecule is CC1CCCN(c2nnccc2C(=N)N)C1. The quantitative estimate of drug-likeness (QED) is 0.574. The molecule has 2 heterocycles.